The molecule has 2 nitrogen and oxygen atoms in total. The van der Waals surface area contributed by atoms with E-state index >= 15 is 0 Å². The molecule has 0 aliphatic rings. The lowest BCUT2D eigenvalue weighted by molar-refractivity contribution is 0.966. The summed E-state index contributed by atoms with van der Waals surface area (Å²) in [6.45, 7) is 3.99. The third kappa shape index (κ3) is 3.43. The highest BCUT2D eigenvalue weighted by Gasteiger charge is 1.71. The van der Waals surface area contributed by atoms with Gasteiger partial charge in [-0.15, -0.1) is 0 Å². The zero-order chi connectivity index (χ0) is 6.41. The van der Waals surface area contributed by atoms with E-state index in [0.29, 0.717) is 0 Å². The molecule has 0 radical (unpaired) electrons. The number of nitrogens with one attached hydrogen (secondary N) is 1. The molecule has 2 heteroatoms. The van der Waals surface area contributed by atoms with Crippen LogP contribution in [0.3, 0.4) is 0 Å². The maximum Gasteiger partial charge on any atom is 0.0125 e. The monoisotopic (exact) mass is 112 g/mol. The van der Waals surface area contributed by atoms with Crippen LogP contribution in [0, 0.1) is 0 Å². The smallest absolute Gasteiger partial charge is 0.0125 e. The molecule has 46 valence electrons. The molecule has 8 heavy (non-hydrogen) atoms. The molecule has 0 aliphatic heterocycles. The number of hydrogen-bond acceptors (Lipinski definition) is 2. The highest BCUT2D eigenvalue weighted by molar-refractivity contribution is 5.13. The van der Waals surface area contributed by atoms with Crippen molar-refractivity contribution in [2.75, 3.05) is 0 Å². The van der Waals surface area contributed by atoms with Gasteiger partial charge in [0.05, 0.1) is 0 Å². The Kier molecular flexibility index (Phi) is 3.98. The Labute approximate surface area is 50.0 Å². The summed E-state index contributed by atoms with van der Waals surface area (Å²) < 4.78 is 0. The fraction of sp³-hybridized carbons (Fsp3) is 0.333. The standard InChI is InChI=1S/C6H12N2/c1-3-6(2)4-5-8-7/h3-5,8H,7H2,1-2H3/b5-4+,6-3+. The lowest BCUT2D eigenvalue weighted by Gasteiger charge is -1.86. The molecule has 3 N–H and O–H groups in total. The summed E-state index contributed by atoms with van der Waals surface area (Å²) in [5, 5.41) is 0. The van der Waals surface area contributed by atoms with Crippen LogP contribution < -0.4 is 11.3 Å². The van der Waals surface area contributed by atoms with Gasteiger partial charge in [-0.05, 0) is 19.9 Å². The Hall–Kier alpha value is -0.760. The second kappa shape index (κ2) is 4.40. The highest BCUT2D eigenvalue weighted by atomic mass is 15.2. The first-order chi connectivity index (χ1) is 3.81. The van der Waals surface area contributed by atoms with Crippen LogP contribution >= 0.6 is 0 Å². The fourth-order valence-corrected chi connectivity index (χ4v) is 0.276. The van der Waals surface area contributed by atoms with Crippen molar-refractivity contribution in [1.29, 1.82) is 0 Å². The Morgan fingerprint density at radius 1 is 1.62 bits per heavy atom. The van der Waals surface area contributed by atoms with E-state index in [9.17, 15) is 0 Å². The van der Waals surface area contributed by atoms with Crippen LogP contribution in [0.1, 0.15) is 13.8 Å². The minimum absolute atomic E-state index is 1.20. The molecule has 0 bridgehead atoms. The van der Waals surface area contributed by atoms with E-state index in [0.717, 1.165) is 0 Å². The number of nitrogens with two attached hydrogens (primary N) is 1. The minimum Gasteiger partial charge on any atom is -0.331 e. The lowest BCUT2D eigenvalue weighted by atomic mass is 10.3. The largest absolute Gasteiger partial charge is 0.331 e. The van der Waals surface area contributed by atoms with Gasteiger partial charge in [-0.2, -0.15) is 0 Å². The zero-order valence-electron chi connectivity index (χ0n) is 5.31. The molecular formula is C6H12N2. The first-order valence-electron chi connectivity index (χ1n) is 2.57. The Balaban J connectivity index is 3.53. The molecule has 0 amide bonds. The van der Waals surface area contributed by atoms with Crippen LogP contribution in [-0.2, 0) is 0 Å². The summed E-state index contributed by atoms with van der Waals surface area (Å²) in [6.07, 6.45) is 5.60. The van der Waals surface area contributed by atoms with Gasteiger partial charge in [0.25, 0.3) is 0 Å². The van der Waals surface area contributed by atoms with Crippen LogP contribution in [0.5, 0.6) is 0 Å². The lowest BCUT2D eigenvalue weighted by Crippen LogP contribution is -2.12. The summed E-state index contributed by atoms with van der Waals surface area (Å²) in [5.41, 5.74) is 3.61. The third-order valence-electron chi connectivity index (χ3n) is 0.898. The van der Waals surface area contributed by atoms with E-state index in [1.807, 2.05) is 26.0 Å². The molecule has 0 aromatic carbocycles. The van der Waals surface area contributed by atoms with Gasteiger partial charge in [-0.25, -0.2) is 0 Å². The van der Waals surface area contributed by atoms with E-state index in [-0.39, 0.29) is 0 Å². The van der Waals surface area contributed by atoms with Gasteiger partial charge in [0.2, 0.25) is 0 Å². The van der Waals surface area contributed by atoms with Crippen molar-refractivity contribution >= 4 is 0 Å². The van der Waals surface area contributed by atoms with Crippen LogP contribution in [-0.4, -0.2) is 0 Å². The van der Waals surface area contributed by atoms with Gasteiger partial charge in [-0.1, -0.05) is 11.6 Å². The fourth-order valence-electron chi connectivity index (χ4n) is 0.276. The minimum atomic E-state index is 1.20. The highest BCUT2D eigenvalue weighted by Crippen LogP contribution is 1.90. The van der Waals surface area contributed by atoms with Crippen molar-refractivity contribution in [2.24, 2.45) is 5.84 Å². The van der Waals surface area contributed by atoms with Crippen molar-refractivity contribution in [3.8, 4) is 0 Å². The van der Waals surface area contributed by atoms with E-state index in [1.165, 1.54) is 5.57 Å². The van der Waals surface area contributed by atoms with Gasteiger partial charge in [0, 0.05) is 6.20 Å². The number of allylic oxidation sites excluding steroid dienone is 3. The average Bonchev–Trinajstić information content (AvgIpc) is 1.83. The number of rotatable bonds is 2. The Morgan fingerprint density at radius 2 is 2.25 bits per heavy atom. The summed E-state index contributed by atoms with van der Waals surface area (Å²) in [7, 11) is 0. The zero-order valence-corrected chi connectivity index (χ0v) is 5.31. The molecule has 0 heterocycles. The van der Waals surface area contributed by atoms with Gasteiger partial charge >= 0.3 is 0 Å². The molecule has 0 atom stereocenters. The first-order valence-corrected chi connectivity index (χ1v) is 2.57. The molecular weight excluding hydrogens is 100 g/mol. The van der Waals surface area contributed by atoms with Gasteiger partial charge in [0.1, 0.15) is 0 Å². The van der Waals surface area contributed by atoms with Crippen molar-refractivity contribution < 1.29 is 0 Å². The Morgan fingerprint density at radius 3 is 2.62 bits per heavy atom. The van der Waals surface area contributed by atoms with Crippen molar-refractivity contribution in [3.63, 3.8) is 0 Å². The maximum absolute atomic E-state index is 4.97. The normalized spacial score (nSPS) is 12.6. The van der Waals surface area contributed by atoms with E-state index in [4.69, 9.17) is 5.84 Å². The quantitative estimate of drug-likeness (QED) is 0.317. The summed E-state index contributed by atoms with van der Waals surface area (Å²) >= 11 is 0. The SMILES string of the molecule is C/C=C(C)/C=C/NN. The van der Waals surface area contributed by atoms with Crippen LogP contribution in [0.2, 0.25) is 0 Å². The second-order valence-electron chi connectivity index (χ2n) is 1.53. The number of hydrazine groups is 1. The van der Waals surface area contributed by atoms with E-state index in [1.54, 1.807) is 6.20 Å². The first kappa shape index (κ1) is 7.24. The van der Waals surface area contributed by atoms with Gasteiger partial charge in [0.15, 0.2) is 0 Å². The Bertz CT molecular complexity index is 103. The topological polar surface area (TPSA) is 38.0 Å². The molecule has 0 spiro atoms. The van der Waals surface area contributed by atoms with Gasteiger partial charge in [-0.3, -0.25) is 5.84 Å². The molecule has 0 saturated heterocycles. The molecule has 0 rings (SSSR count). The molecule has 0 saturated carbocycles. The van der Waals surface area contributed by atoms with Crippen molar-refractivity contribution in [2.45, 2.75) is 13.8 Å². The molecule has 0 aromatic heterocycles. The summed E-state index contributed by atoms with van der Waals surface area (Å²) in [4.78, 5) is 0. The molecule has 0 unspecified atom stereocenters. The van der Waals surface area contributed by atoms with Gasteiger partial charge < -0.3 is 5.43 Å². The van der Waals surface area contributed by atoms with E-state index in [2.05, 4.69) is 5.43 Å². The molecule has 0 fully saturated rings. The summed E-state index contributed by atoms with van der Waals surface area (Å²) in [5.74, 6) is 4.97. The van der Waals surface area contributed by atoms with E-state index < -0.39 is 0 Å². The predicted molar refractivity (Wildman–Crippen MR) is 35.9 cm³/mol. The van der Waals surface area contributed by atoms with Crippen LogP contribution in [0.4, 0.5) is 0 Å². The van der Waals surface area contributed by atoms with Crippen LogP contribution in [0.15, 0.2) is 23.9 Å². The second-order valence-corrected chi connectivity index (χ2v) is 1.53. The average molecular weight is 112 g/mol. The molecule has 0 aliphatic carbocycles. The van der Waals surface area contributed by atoms with Crippen molar-refractivity contribution in [3.05, 3.63) is 23.9 Å². The molecule has 0 aromatic rings. The predicted octanol–water partition coefficient (Wildman–Crippen LogP) is 0.930. The maximum atomic E-state index is 4.97. The van der Waals surface area contributed by atoms with Crippen molar-refractivity contribution in [1.82, 2.24) is 5.43 Å². The number of hydrogen-bond donors (Lipinski definition) is 2. The summed E-state index contributed by atoms with van der Waals surface area (Å²) in [6, 6.07) is 0. The van der Waals surface area contributed by atoms with Crippen LogP contribution in [0.25, 0.3) is 0 Å². The third-order valence-corrected chi connectivity index (χ3v) is 0.898.